The van der Waals surface area contributed by atoms with E-state index in [4.69, 9.17) is 9.47 Å². The smallest absolute Gasteiger partial charge is 0.226 e. The third-order valence-electron chi connectivity index (χ3n) is 5.22. The number of methoxy groups -OCH3 is 1. The highest BCUT2D eigenvalue weighted by molar-refractivity contribution is 5.76. The van der Waals surface area contributed by atoms with E-state index >= 15 is 0 Å². The summed E-state index contributed by atoms with van der Waals surface area (Å²) < 4.78 is 10.7. The molecule has 25 heavy (non-hydrogen) atoms. The molecule has 0 aromatic heterocycles. The van der Waals surface area contributed by atoms with E-state index in [9.17, 15) is 9.90 Å². The molecule has 6 heteroatoms. The molecule has 2 aliphatic rings. The van der Waals surface area contributed by atoms with Gasteiger partial charge >= 0.3 is 0 Å². The molecule has 1 aromatic carbocycles. The maximum atomic E-state index is 12.3. The van der Waals surface area contributed by atoms with Crippen molar-refractivity contribution in [3.8, 4) is 11.5 Å². The zero-order valence-electron chi connectivity index (χ0n) is 14.9. The fourth-order valence-electron chi connectivity index (χ4n) is 3.74. The molecule has 2 atom stereocenters. The number of carbonyl (C=O) groups excluding carboxylic acids is 1. The molecule has 6 nitrogen and oxygen atoms in total. The van der Waals surface area contributed by atoms with Gasteiger partial charge in [0.15, 0.2) is 0 Å². The van der Waals surface area contributed by atoms with Crippen molar-refractivity contribution in [3.63, 3.8) is 0 Å². The van der Waals surface area contributed by atoms with E-state index in [1.807, 2.05) is 29.2 Å². The molecule has 3 rings (SSSR count). The second kappa shape index (κ2) is 8.54. The Morgan fingerprint density at radius 3 is 2.40 bits per heavy atom. The van der Waals surface area contributed by atoms with Gasteiger partial charge in [0.2, 0.25) is 5.91 Å². The lowest BCUT2D eigenvalue weighted by Gasteiger charge is -2.39. The van der Waals surface area contributed by atoms with Crippen LogP contribution in [0, 0.1) is 0 Å². The van der Waals surface area contributed by atoms with Crippen molar-refractivity contribution in [2.75, 3.05) is 39.9 Å². The summed E-state index contributed by atoms with van der Waals surface area (Å²) in [5.41, 5.74) is 0. The van der Waals surface area contributed by atoms with Gasteiger partial charge in [-0.15, -0.1) is 0 Å². The van der Waals surface area contributed by atoms with Crippen LogP contribution in [0.25, 0.3) is 0 Å². The first-order valence-electron chi connectivity index (χ1n) is 9.14. The number of nitrogens with zero attached hydrogens (tertiary/aromatic N) is 2. The van der Waals surface area contributed by atoms with E-state index in [0.29, 0.717) is 13.0 Å². The Morgan fingerprint density at radius 2 is 1.80 bits per heavy atom. The summed E-state index contributed by atoms with van der Waals surface area (Å²) in [6.07, 6.45) is 3.28. The quantitative estimate of drug-likeness (QED) is 0.845. The van der Waals surface area contributed by atoms with E-state index in [1.54, 1.807) is 7.11 Å². The van der Waals surface area contributed by atoms with Crippen LogP contribution in [-0.4, -0.2) is 72.9 Å². The minimum Gasteiger partial charge on any atom is -0.497 e. The monoisotopic (exact) mass is 348 g/mol. The van der Waals surface area contributed by atoms with Crippen LogP contribution in [0.3, 0.4) is 0 Å². The van der Waals surface area contributed by atoms with E-state index in [0.717, 1.165) is 56.9 Å². The molecule has 1 saturated carbocycles. The van der Waals surface area contributed by atoms with Crippen molar-refractivity contribution < 1.29 is 19.4 Å². The molecule has 0 bridgehead atoms. The highest BCUT2D eigenvalue weighted by atomic mass is 16.5. The van der Waals surface area contributed by atoms with Crippen molar-refractivity contribution in [2.45, 2.75) is 37.8 Å². The maximum Gasteiger partial charge on any atom is 0.226 e. The number of aliphatic hydroxyl groups excluding tert-OH is 1. The van der Waals surface area contributed by atoms with Crippen LogP contribution in [-0.2, 0) is 4.79 Å². The van der Waals surface area contributed by atoms with Crippen LogP contribution in [0.15, 0.2) is 24.3 Å². The number of benzene rings is 1. The lowest BCUT2D eigenvalue weighted by Crippen LogP contribution is -2.53. The first kappa shape index (κ1) is 18.0. The van der Waals surface area contributed by atoms with Crippen LogP contribution in [0.5, 0.6) is 11.5 Å². The van der Waals surface area contributed by atoms with Crippen LogP contribution in [0.1, 0.15) is 25.7 Å². The summed E-state index contributed by atoms with van der Waals surface area (Å²) in [7, 11) is 1.63. The first-order chi connectivity index (χ1) is 12.2. The van der Waals surface area contributed by atoms with Crippen molar-refractivity contribution in [3.05, 3.63) is 24.3 Å². The third kappa shape index (κ3) is 4.64. The first-order valence-corrected chi connectivity index (χ1v) is 9.14. The van der Waals surface area contributed by atoms with Gasteiger partial charge in [-0.05, 0) is 43.5 Å². The molecule has 0 spiro atoms. The Kier molecular flexibility index (Phi) is 6.15. The normalized spacial score (nSPS) is 24.3. The van der Waals surface area contributed by atoms with Gasteiger partial charge in [-0.25, -0.2) is 0 Å². The zero-order valence-corrected chi connectivity index (χ0v) is 14.9. The minimum absolute atomic E-state index is 0.139. The van der Waals surface area contributed by atoms with Gasteiger partial charge in [0.1, 0.15) is 11.5 Å². The number of rotatable bonds is 6. The molecular weight excluding hydrogens is 320 g/mol. The Balaban J connectivity index is 1.37. The highest BCUT2D eigenvalue weighted by Gasteiger charge is 2.33. The minimum atomic E-state index is -0.194. The van der Waals surface area contributed by atoms with Gasteiger partial charge in [-0.2, -0.15) is 0 Å². The second-order valence-corrected chi connectivity index (χ2v) is 6.76. The molecule has 138 valence electrons. The summed E-state index contributed by atoms with van der Waals surface area (Å²) in [6, 6.07) is 7.65. The summed E-state index contributed by atoms with van der Waals surface area (Å²) in [4.78, 5) is 16.6. The lowest BCUT2D eigenvalue weighted by atomic mass is 10.1. The van der Waals surface area contributed by atoms with Crippen molar-refractivity contribution in [1.82, 2.24) is 9.80 Å². The molecule has 0 unspecified atom stereocenters. The molecule has 1 aromatic rings. The van der Waals surface area contributed by atoms with Crippen LogP contribution in [0.4, 0.5) is 0 Å². The molecule has 1 saturated heterocycles. The van der Waals surface area contributed by atoms with Crippen LogP contribution >= 0.6 is 0 Å². The van der Waals surface area contributed by atoms with Gasteiger partial charge in [0.25, 0.3) is 0 Å². The molecule has 1 amide bonds. The summed E-state index contributed by atoms with van der Waals surface area (Å²) in [6.45, 7) is 3.57. The van der Waals surface area contributed by atoms with E-state index in [1.165, 1.54) is 0 Å². The van der Waals surface area contributed by atoms with Gasteiger partial charge < -0.3 is 19.5 Å². The largest absolute Gasteiger partial charge is 0.497 e. The van der Waals surface area contributed by atoms with Gasteiger partial charge in [-0.3, -0.25) is 9.69 Å². The number of piperazine rings is 1. The number of aliphatic hydroxyl groups is 1. The average molecular weight is 348 g/mol. The van der Waals surface area contributed by atoms with E-state index in [-0.39, 0.29) is 18.1 Å². The highest BCUT2D eigenvalue weighted by Crippen LogP contribution is 2.25. The molecule has 1 aliphatic heterocycles. The topological polar surface area (TPSA) is 62.2 Å². The van der Waals surface area contributed by atoms with E-state index in [2.05, 4.69) is 4.90 Å². The number of hydrogen-bond donors (Lipinski definition) is 1. The predicted octanol–water partition coefficient (Wildman–Crippen LogP) is 1.52. The van der Waals surface area contributed by atoms with Crippen molar-refractivity contribution in [2.24, 2.45) is 0 Å². The summed E-state index contributed by atoms with van der Waals surface area (Å²) in [5.74, 6) is 1.67. The maximum absolute atomic E-state index is 12.3. The molecule has 0 radical (unpaired) electrons. The third-order valence-corrected chi connectivity index (χ3v) is 5.22. The van der Waals surface area contributed by atoms with E-state index < -0.39 is 0 Å². The van der Waals surface area contributed by atoms with Crippen molar-refractivity contribution in [1.29, 1.82) is 0 Å². The lowest BCUT2D eigenvalue weighted by molar-refractivity contribution is -0.134. The molecular formula is C19H28N2O4. The summed E-state index contributed by atoms with van der Waals surface area (Å²) >= 11 is 0. The Bertz CT molecular complexity index is 555. The Hall–Kier alpha value is -1.79. The van der Waals surface area contributed by atoms with Gasteiger partial charge in [0.05, 0.1) is 26.2 Å². The predicted molar refractivity (Wildman–Crippen MR) is 94.9 cm³/mol. The SMILES string of the molecule is COc1ccc(OCCC(=O)N2CCN([C@H]3CCC[C@@H]3O)CC2)cc1. The number of amides is 1. The molecule has 1 N–H and O–H groups in total. The Labute approximate surface area is 149 Å². The average Bonchev–Trinajstić information content (AvgIpc) is 3.08. The second-order valence-electron chi connectivity index (χ2n) is 6.76. The fraction of sp³-hybridized carbons (Fsp3) is 0.632. The zero-order chi connectivity index (χ0) is 17.6. The van der Waals surface area contributed by atoms with Crippen LogP contribution < -0.4 is 9.47 Å². The molecule has 1 aliphatic carbocycles. The van der Waals surface area contributed by atoms with Crippen molar-refractivity contribution >= 4 is 5.91 Å². The fourth-order valence-corrected chi connectivity index (χ4v) is 3.74. The standard InChI is InChI=1S/C19H28N2O4/c1-24-15-5-7-16(8-6-15)25-14-9-19(23)21-12-10-20(11-13-21)17-3-2-4-18(17)22/h5-8,17-18,22H,2-4,9-14H2,1H3/t17-,18-/m0/s1. The molecule has 2 fully saturated rings. The van der Waals surface area contributed by atoms with Gasteiger partial charge in [0, 0.05) is 32.2 Å². The number of hydrogen-bond acceptors (Lipinski definition) is 5. The number of carbonyl (C=O) groups is 1. The summed E-state index contributed by atoms with van der Waals surface area (Å²) in [5, 5.41) is 10.0. The molecule has 1 heterocycles. The van der Waals surface area contributed by atoms with Gasteiger partial charge in [-0.1, -0.05) is 0 Å². The number of ether oxygens (including phenoxy) is 2. The van der Waals surface area contributed by atoms with Crippen LogP contribution in [0.2, 0.25) is 0 Å². The Morgan fingerprint density at radius 1 is 1.12 bits per heavy atom.